The first kappa shape index (κ1) is 12.2. The van der Waals surface area contributed by atoms with Crippen LogP contribution in [0.5, 0.6) is 5.75 Å². The minimum Gasteiger partial charge on any atom is -0.496 e. The lowest BCUT2D eigenvalue weighted by molar-refractivity contribution is 0.0935. The molecule has 92 valence electrons. The number of alkyl halides is 1. The fraction of sp³-hybridized carbons (Fsp3) is 0.462. The summed E-state index contributed by atoms with van der Waals surface area (Å²) in [5, 5.41) is 2.98. The molecule has 1 aromatic rings. The normalized spacial score (nSPS) is 16.4. The Morgan fingerprint density at radius 1 is 1.53 bits per heavy atom. The predicted octanol–water partition coefficient (Wildman–Crippen LogP) is 2.50. The third-order valence-corrected chi connectivity index (χ3v) is 3.67. The van der Waals surface area contributed by atoms with Crippen molar-refractivity contribution in [3.63, 3.8) is 0 Å². The van der Waals surface area contributed by atoms with Gasteiger partial charge in [0.1, 0.15) is 5.75 Å². The second-order valence-electron chi connectivity index (χ2n) is 4.55. The lowest BCUT2D eigenvalue weighted by Crippen LogP contribution is -2.38. The number of carbonyl (C=O) groups excluding carboxylic acids is 1. The molecule has 0 radical (unpaired) electrons. The molecule has 3 nitrogen and oxygen atoms in total. The van der Waals surface area contributed by atoms with Crippen molar-refractivity contribution in [3.05, 3.63) is 29.3 Å². The number of methoxy groups -OCH3 is 1. The predicted molar refractivity (Wildman–Crippen MR) is 67.9 cm³/mol. The van der Waals surface area contributed by atoms with E-state index in [1.165, 1.54) is 0 Å². The molecule has 0 bridgehead atoms. The second kappa shape index (κ2) is 4.57. The quantitative estimate of drug-likeness (QED) is 0.838. The first-order chi connectivity index (χ1) is 8.10. The number of hydrogen-bond acceptors (Lipinski definition) is 2. The standard InChI is InChI=1S/C13H16ClNO2/c1-9-3-4-10(7-11(9)17-2)12(16)15-13(8-14)5-6-13/h3-4,7H,5-6,8H2,1-2H3,(H,15,16). The molecule has 0 aliphatic heterocycles. The summed E-state index contributed by atoms with van der Waals surface area (Å²) in [5.41, 5.74) is 1.46. The summed E-state index contributed by atoms with van der Waals surface area (Å²) in [6.07, 6.45) is 1.93. The Kier molecular flexibility index (Phi) is 3.29. The van der Waals surface area contributed by atoms with Gasteiger partial charge in [-0.3, -0.25) is 4.79 Å². The number of aryl methyl sites for hydroxylation is 1. The number of ether oxygens (including phenoxy) is 1. The van der Waals surface area contributed by atoms with Gasteiger partial charge >= 0.3 is 0 Å². The molecule has 1 N–H and O–H groups in total. The Balaban J connectivity index is 2.14. The molecule has 1 aliphatic rings. The fourth-order valence-electron chi connectivity index (χ4n) is 1.72. The van der Waals surface area contributed by atoms with E-state index in [0.717, 1.165) is 24.2 Å². The van der Waals surface area contributed by atoms with Crippen molar-refractivity contribution in [2.24, 2.45) is 0 Å². The Morgan fingerprint density at radius 2 is 2.24 bits per heavy atom. The van der Waals surface area contributed by atoms with Gasteiger partial charge in [0.2, 0.25) is 0 Å². The van der Waals surface area contributed by atoms with Crippen molar-refractivity contribution < 1.29 is 9.53 Å². The van der Waals surface area contributed by atoms with E-state index in [2.05, 4.69) is 5.32 Å². The Labute approximate surface area is 106 Å². The molecule has 1 aromatic carbocycles. The van der Waals surface area contributed by atoms with Gasteiger partial charge in [-0.15, -0.1) is 11.6 Å². The summed E-state index contributed by atoms with van der Waals surface area (Å²) in [4.78, 5) is 12.0. The highest BCUT2D eigenvalue weighted by atomic mass is 35.5. The van der Waals surface area contributed by atoms with Crippen LogP contribution in [-0.2, 0) is 0 Å². The van der Waals surface area contributed by atoms with Crippen LogP contribution in [-0.4, -0.2) is 24.4 Å². The summed E-state index contributed by atoms with van der Waals surface area (Å²) < 4.78 is 5.20. The van der Waals surface area contributed by atoms with Crippen LogP contribution in [0.15, 0.2) is 18.2 Å². The Hall–Kier alpha value is -1.22. The summed E-state index contributed by atoms with van der Waals surface area (Å²) >= 11 is 5.83. The molecule has 2 rings (SSSR count). The highest BCUT2D eigenvalue weighted by Gasteiger charge is 2.43. The monoisotopic (exact) mass is 253 g/mol. The molecule has 0 saturated heterocycles. The van der Waals surface area contributed by atoms with Gasteiger partial charge in [-0.2, -0.15) is 0 Å². The van der Waals surface area contributed by atoms with Crippen LogP contribution < -0.4 is 10.1 Å². The number of nitrogens with one attached hydrogen (secondary N) is 1. The van der Waals surface area contributed by atoms with Crippen molar-refractivity contribution >= 4 is 17.5 Å². The molecule has 1 fully saturated rings. The molecule has 4 heteroatoms. The van der Waals surface area contributed by atoms with Crippen LogP contribution >= 0.6 is 11.6 Å². The highest BCUT2D eigenvalue weighted by Crippen LogP contribution is 2.36. The van der Waals surface area contributed by atoms with Crippen LogP contribution in [0.25, 0.3) is 0 Å². The fourth-order valence-corrected chi connectivity index (χ4v) is 2.05. The summed E-state index contributed by atoms with van der Waals surface area (Å²) in [7, 11) is 1.60. The summed E-state index contributed by atoms with van der Waals surface area (Å²) in [5.74, 6) is 1.12. The highest BCUT2D eigenvalue weighted by molar-refractivity contribution is 6.19. The zero-order valence-electron chi connectivity index (χ0n) is 10.0. The van der Waals surface area contributed by atoms with E-state index in [-0.39, 0.29) is 11.4 Å². The van der Waals surface area contributed by atoms with Gasteiger partial charge in [0.05, 0.1) is 12.6 Å². The summed E-state index contributed by atoms with van der Waals surface area (Å²) in [6.45, 7) is 1.95. The third-order valence-electron chi connectivity index (χ3n) is 3.16. The summed E-state index contributed by atoms with van der Waals surface area (Å²) in [6, 6.07) is 5.44. The maximum absolute atomic E-state index is 12.0. The van der Waals surface area contributed by atoms with Crippen LogP contribution in [0.2, 0.25) is 0 Å². The minimum atomic E-state index is -0.170. The number of carbonyl (C=O) groups is 1. The molecule has 0 atom stereocenters. The van der Waals surface area contributed by atoms with E-state index in [9.17, 15) is 4.79 Å². The molecule has 0 heterocycles. The number of rotatable bonds is 4. The van der Waals surface area contributed by atoms with Gasteiger partial charge in [-0.05, 0) is 37.5 Å². The molecule has 1 saturated carbocycles. The average molecular weight is 254 g/mol. The molecule has 1 amide bonds. The van der Waals surface area contributed by atoms with E-state index in [4.69, 9.17) is 16.3 Å². The topological polar surface area (TPSA) is 38.3 Å². The van der Waals surface area contributed by atoms with Crippen molar-refractivity contribution in [3.8, 4) is 5.75 Å². The van der Waals surface area contributed by atoms with Crippen LogP contribution in [0.1, 0.15) is 28.8 Å². The van der Waals surface area contributed by atoms with Gasteiger partial charge < -0.3 is 10.1 Å². The van der Waals surface area contributed by atoms with Gasteiger partial charge in [0.15, 0.2) is 0 Å². The first-order valence-electron chi connectivity index (χ1n) is 5.63. The smallest absolute Gasteiger partial charge is 0.251 e. The lowest BCUT2D eigenvalue weighted by Gasteiger charge is -2.14. The Morgan fingerprint density at radius 3 is 2.76 bits per heavy atom. The molecular formula is C13H16ClNO2. The first-order valence-corrected chi connectivity index (χ1v) is 6.17. The van der Waals surface area contributed by atoms with Crippen LogP contribution in [0, 0.1) is 6.92 Å². The van der Waals surface area contributed by atoms with E-state index in [1.807, 2.05) is 13.0 Å². The molecule has 17 heavy (non-hydrogen) atoms. The SMILES string of the molecule is COc1cc(C(=O)NC2(CCl)CC2)ccc1C. The number of hydrogen-bond donors (Lipinski definition) is 1. The largest absolute Gasteiger partial charge is 0.496 e. The molecule has 0 spiro atoms. The third kappa shape index (κ3) is 2.55. The maximum atomic E-state index is 12.0. The van der Waals surface area contributed by atoms with Crippen LogP contribution in [0.3, 0.4) is 0 Å². The zero-order chi connectivity index (χ0) is 12.5. The zero-order valence-corrected chi connectivity index (χ0v) is 10.8. The van der Waals surface area contributed by atoms with Crippen LogP contribution in [0.4, 0.5) is 0 Å². The van der Waals surface area contributed by atoms with Crippen molar-refractivity contribution in [1.29, 1.82) is 0 Å². The second-order valence-corrected chi connectivity index (χ2v) is 4.82. The van der Waals surface area contributed by atoms with Gasteiger partial charge in [0.25, 0.3) is 5.91 Å². The Bertz CT molecular complexity index is 441. The van der Waals surface area contributed by atoms with E-state index >= 15 is 0 Å². The average Bonchev–Trinajstić information content (AvgIpc) is 3.10. The van der Waals surface area contributed by atoms with Crippen molar-refractivity contribution in [2.75, 3.05) is 13.0 Å². The van der Waals surface area contributed by atoms with Gasteiger partial charge in [-0.25, -0.2) is 0 Å². The molecular weight excluding hydrogens is 238 g/mol. The number of amides is 1. The maximum Gasteiger partial charge on any atom is 0.251 e. The number of halogens is 1. The van der Waals surface area contributed by atoms with Crippen molar-refractivity contribution in [1.82, 2.24) is 5.32 Å². The van der Waals surface area contributed by atoms with E-state index < -0.39 is 0 Å². The molecule has 0 unspecified atom stereocenters. The lowest BCUT2D eigenvalue weighted by atomic mass is 10.1. The van der Waals surface area contributed by atoms with Gasteiger partial charge in [-0.1, -0.05) is 6.07 Å². The van der Waals surface area contributed by atoms with E-state index in [1.54, 1.807) is 19.2 Å². The minimum absolute atomic E-state index is 0.0820. The number of benzene rings is 1. The molecule has 1 aliphatic carbocycles. The van der Waals surface area contributed by atoms with E-state index in [0.29, 0.717) is 11.4 Å². The van der Waals surface area contributed by atoms with Crippen molar-refractivity contribution in [2.45, 2.75) is 25.3 Å². The van der Waals surface area contributed by atoms with Gasteiger partial charge in [0, 0.05) is 11.4 Å². The molecule has 0 aromatic heterocycles.